The Hall–Kier alpha value is -2.57. The van der Waals surface area contributed by atoms with Crippen LogP contribution in [0, 0.1) is 0 Å². The zero-order valence-electron chi connectivity index (χ0n) is 18.0. The number of nitrogens with zero attached hydrogens (tertiary/aromatic N) is 2. The highest BCUT2D eigenvalue weighted by atomic mass is 35.5. The molecular formula is C24H27Cl2N3O3. The lowest BCUT2D eigenvalue weighted by Gasteiger charge is -2.36. The van der Waals surface area contributed by atoms with Crippen LogP contribution in [0.3, 0.4) is 0 Å². The van der Waals surface area contributed by atoms with Crippen LogP contribution in [-0.2, 0) is 16.0 Å². The Bertz CT molecular complexity index is 960. The molecule has 0 radical (unpaired) electrons. The first kappa shape index (κ1) is 24.1. The van der Waals surface area contributed by atoms with Gasteiger partial charge in [-0.2, -0.15) is 0 Å². The van der Waals surface area contributed by atoms with E-state index in [9.17, 15) is 14.4 Å². The van der Waals surface area contributed by atoms with Crippen LogP contribution in [0.5, 0.6) is 0 Å². The van der Waals surface area contributed by atoms with Gasteiger partial charge in [-0.25, -0.2) is 0 Å². The van der Waals surface area contributed by atoms with Crippen molar-refractivity contribution in [2.24, 2.45) is 0 Å². The highest BCUT2D eigenvalue weighted by Crippen LogP contribution is 2.25. The zero-order chi connectivity index (χ0) is 23.1. The third-order valence-corrected chi connectivity index (χ3v) is 6.38. The number of aryl methyl sites for hydroxylation is 1. The first-order valence-electron chi connectivity index (χ1n) is 10.7. The Morgan fingerprint density at radius 3 is 2.28 bits per heavy atom. The summed E-state index contributed by atoms with van der Waals surface area (Å²) >= 11 is 12.1. The summed E-state index contributed by atoms with van der Waals surface area (Å²) < 4.78 is 0. The van der Waals surface area contributed by atoms with E-state index < -0.39 is 11.9 Å². The molecule has 2 aromatic rings. The minimum atomic E-state index is -0.717. The molecule has 0 saturated carbocycles. The van der Waals surface area contributed by atoms with Crippen molar-refractivity contribution in [3.8, 4) is 0 Å². The molecule has 0 bridgehead atoms. The standard InChI is InChI=1S/C24H27Cl2N3O3/c1-17(27-23(31)19-10-6-11-20(25)22(19)26)24(32)29-15-13-28(14-16-29)21(30)12-5-9-18-7-3-2-4-8-18/h2-4,6-8,10-11,17H,5,9,12-16H2,1H3,(H,27,31). The molecule has 1 saturated heterocycles. The fourth-order valence-corrected chi connectivity index (χ4v) is 4.10. The van der Waals surface area contributed by atoms with E-state index >= 15 is 0 Å². The summed E-state index contributed by atoms with van der Waals surface area (Å²) in [7, 11) is 0. The summed E-state index contributed by atoms with van der Waals surface area (Å²) in [6.07, 6.45) is 2.17. The van der Waals surface area contributed by atoms with Gasteiger partial charge in [-0.05, 0) is 37.5 Å². The van der Waals surface area contributed by atoms with Gasteiger partial charge in [0.15, 0.2) is 0 Å². The molecule has 1 aliphatic rings. The maximum Gasteiger partial charge on any atom is 0.253 e. The highest BCUT2D eigenvalue weighted by molar-refractivity contribution is 6.43. The number of hydrogen-bond acceptors (Lipinski definition) is 3. The van der Waals surface area contributed by atoms with E-state index in [0.29, 0.717) is 32.6 Å². The molecule has 1 fully saturated rings. The third-order valence-electron chi connectivity index (χ3n) is 5.56. The number of rotatable bonds is 7. The molecule has 0 aromatic heterocycles. The van der Waals surface area contributed by atoms with E-state index in [1.807, 2.05) is 23.1 Å². The van der Waals surface area contributed by atoms with Crippen LogP contribution in [0.1, 0.15) is 35.7 Å². The van der Waals surface area contributed by atoms with Crippen molar-refractivity contribution in [2.45, 2.75) is 32.2 Å². The van der Waals surface area contributed by atoms with Crippen molar-refractivity contribution in [2.75, 3.05) is 26.2 Å². The van der Waals surface area contributed by atoms with Crippen LogP contribution in [0.4, 0.5) is 0 Å². The Labute approximate surface area is 198 Å². The van der Waals surface area contributed by atoms with Crippen molar-refractivity contribution in [1.29, 1.82) is 0 Å². The number of halogens is 2. The number of carbonyl (C=O) groups is 3. The van der Waals surface area contributed by atoms with Gasteiger partial charge in [-0.1, -0.05) is 59.6 Å². The van der Waals surface area contributed by atoms with Crippen molar-refractivity contribution in [3.63, 3.8) is 0 Å². The second-order valence-corrected chi connectivity index (χ2v) is 8.63. The normalized spacial score (nSPS) is 14.7. The van der Waals surface area contributed by atoms with E-state index in [1.165, 1.54) is 5.56 Å². The molecule has 3 rings (SSSR count). The minimum absolute atomic E-state index is 0.116. The third kappa shape index (κ3) is 6.24. The van der Waals surface area contributed by atoms with Crippen molar-refractivity contribution < 1.29 is 14.4 Å². The van der Waals surface area contributed by atoms with E-state index in [1.54, 1.807) is 30.0 Å². The second-order valence-electron chi connectivity index (χ2n) is 7.84. The molecule has 1 unspecified atom stereocenters. The van der Waals surface area contributed by atoms with Crippen molar-refractivity contribution >= 4 is 40.9 Å². The topological polar surface area (TPSA) is 69.7 Å². The molecule has 0 aliphatic carbocycles. The van der Waals surface area contributed by atoms with E-state index in [0.717, 1.165) is 12.8 Å². The SMILES string of the molecule is CC(NC(=O)c1cccc(Cl)c1Cl)C(=O)N1CCN(C(=O)CCCc2ccccc2)CC1. The van der Waals surface area contributed by atoms with Gasteiger partial charge < -0.3 is 15.1 Å². The number of carbonyl (C=O) groups excluding carboxylic acids is 3. The van der Waals surface area contributed by atoms with Crippen LogP contribution < -0.4 is 5.32 Å². The number of nitrogens with one attached hydrogen (secondary N) is 1. The summed E-state index contributed by atoms with van der Waals surface area (Å²) in [4.78, 5) is 41.2. The monoisotopic (exact) mass is 475 g/mol. The average Bonchev–Trinajstić information content (AvgIpc) is 2.81. The maximum absolute atomic E-state index is 12.8. The van der Waals surface area contributed by atoms with Crippen LogP contribution in [0.2, 0.25) is 10.0 Å². The minimum Gasteiger partial charge on any atom is -0.340 e. The molecule has 3 amide bonds. The van der Waals surface area contributed by atoms with Crippen LogP contribution in [-0.4, -0.2) is 59.7 Å². The molecule has 1 heterocycles. The van der Waals surface area contributed by atoms with Gasteiger partial charge >= 0.3 is 0 Å². The van der Waals surface area contributed by atoms with Crippen LogP contribution in [0.15, 0.2) is 48.5 Å². The number of benzene rings is 2. The molecule has 0 spiro atoms. The largest absolute Gasteiger partial charge is 0.340 e. The quantitative estimate of drug-likeness (QED) is 0.661. The van der Waals surface area contributed by atoms with Crippen LogP contribution in [0.25, 0.3) is 0 Å². The summed E-state index contributed by atoms with van der Waals surface area (Å²) in [5.41, 5.74) is 1.45. The van der Waals surface area contributed by atoms with Crippen molar-refractivity contribution in [3.05, 3.63) is 69.7 Å². The smallest absolute Gasteiger partial charge is 0.253 e. The van der Waals surface area contributed by atoms with Gasteiger partial charge in [0.05, 0.1) is 15.6 Å². The fraction of sp³-hybridized carbons (Fsp3) is 0.375. The van der Waals surface area contributed by atoms with E-state index in [2.05, 4.69) is 17.4 Å². The number of hydrogen-bond donors (Lipinski definition) is 1. The predicted molar refractivity (Wildman–Crippen MR) is 126 cm³/mol. The van der Waals surface area contributed by atoms with E-state index in [-0.39, 0.29) is 27.4 Å². The average molecular weight is 476 g/mol. The summed E-state index contributed by atoms with van der Waals surface area (Å²) in [6, 6.07) is 14.2. The predicted octanol–water partition coefficient (Wildman–Crippen LogP) is 3.81. The van der Waals surface area contributed by atoms with Crippen LogP contribution >= 0.6 is 23.2 Å². The van der Waals surface area contributed by atoms with Gasteiger partial charge in [0, 0.05) is 32.6 Å². The van der Waals surface area contributed by atoms with Gasteiger partial charge in [0.25, 0.3) is 5.91 Å². The number of amides is 3. The Kier molecular flexibility index (Phi) is 8.53. The Morgan fingerprint density at radius 1 is 0.938 bits per heavy atom. The Balaban J connectivity index is 1.43. The molecule has 170 valence electrons. The molecule has 1 atom stereocenters. The molecular weight excluding hydrogens is 449 g/mol. The first-order chi connectivity index (χ1) is 15.4. The number of piperazine rings is 1. The lowest BCUT2D eigenvalue weighted by atomic mass is 10.1. The Morgan fingerprint density at radius 2 is 1.59 bits per heavy atom. The summed E-state index contributed by atoms with van der Waals surface area (Å²) in [5, 5.41) is 3.12. The maximum atomic E-state index is 12.8. The summed E-state index contributed by atoms with van der Waals surface area (Å²) in [6.45, 7) is 3.52. The van der Waals surface area contributed by atoms with Gasteiger partial charge in [0.1, 0.15) is 6.04 Å². The molecule has 8 heteroatoms. The van der Waals surface area contributed by atoms with Gasteiger partial charge in [-0.15, -0.1) is 0 Å². The highest BCUT2D eigenvalue weighted by Gasteiger charge is 2.28. The lowest BCUT2D eigenvalue weighted by molar-refractivity contribution is -0.140. The fourth-order valence-electron chi connectivity index (χ4n) is 3.71. The first-order valence-corrected chi connectivity index (χ1v) is 11.5. The van der Waals surface area contributed by atoms with E-state index in [4.69, 9.17) is 23.2 Å². The summed E-state index contributed by atoms with van der Waals surface area (Å²) in [5.74, 6) is -0.525. The van der Waals surface area contributed by atoms with Gasteiger partial charge in [0.2, 0.25) is 11.8 Å². The molecule has 32 heavy (non-hydrogen) atoms. The molecule has 1 N–H and O–H groups in total. The van der Waals surface area contributed by atoms with Gasteiger partial charge in [-0.3, -0.25) is 14.4 Å². The zero-order valence-corrected chi connectivity index (χ0v) is 19.5. The lowest BCUT2D eigenvalue weighted by Crippen LogP contribution is -2.55. The molecule has 2 aromatic carbocycles. The second kappa shape index (κ2) is 11.3. The van der Waals surface area contributed by atoms with Crippen molar-refractivity contribution in [1.82, 2.24) is 15.1 Å². The molecule has 1 aliphatic heterocycles. The molecule has 6 nitrogen and oxygen atoms in total.